The van der Waals surface area contributed by atoms with Crippen molar-refractivity contribution in [2.75, 3.05) is 13.7 Å². The van der Waals surface area contributed by atoms with Gasteiger partial charge < -0.3 is 15.2 Å². The highest BCUT2D eigenvalue weighted by Crippen LogP contribution is 2.24. The second-order valence-corrected chi connectivity index (χ2v) is 4.40. The van der Waals surface area contributed by atoms with Crippen molar-refractivity contribution in [2.45, 2.75) is 31.6 Å². The van der Waals surface area contributed by atoms with Gasteiger partial charge in [-0.25, -0.2) is 0 Å². The molecule has 19 heavy (non-hydrogen) atoms. The summed E-state index contributed by atoms with van der Waals surface area (Å²) in [4.78, 5) is 0. The quantitative estimate of drug-likeness (QED) is 0.840. The molecule has 0 aliphatic carbocycles. The van der Waals surface area contributed by atoms with Crippen molar-refractivity contribution in [2.24, 2.45) is 0 Å². The molecule has 0 heterocycles. The molecule has 0 aliphatic heterocycles. The summed E-state index contributed by atoms with van der Waals surface area (Å²) >= 11 is 0. The van der Waals surface area contributed by atoms with E-state index in [1.54, 1.807) is 24.3 Å². The van der Waals surface area contributed by atoms with Crippen molar-refractivity contribution < 1.29 is 23.0 Å². The number of benzene rings is 1. The van der Waals surface area contributed by atoms with Gasteiger partial charge in [0.15, 0.2) is 0 Å². The van der Waals surface area contributed by atoms with Crippen molar-refractivity contribution in [3.8, 4) is 5.75 Å². The minimum atomic E-state index is -4.22. The van der Waals surface area contributed by atoms with Crippen LogP contribution in [0.3, 0.4) is 0 Å². The minimum Gasteiger partial charge on any atom is -0.497 e. The van der Waals surface area contributed by atoms with Crippen LogP contribution in [-0.4, -0.2) is 31.0 Å². The third kappa shape index (κ3) is 5.48. The molecule has 1 rings (SSSR count). The van der Waals surface area contributed by atoms with Crippen LogP contribution in [0.4, 0.5) is 13.2 Å². The van der Waals surface area contributed by atoms with E-state index < -0.39 is 24.7 Å². The van der Waals surface area contributed by atoms with Gasteiger partial charge in [0.25, 0.3) is 0 Å². The van der Waals surface area contributed by atoms with Crippen LogP contribution in [0.5, 0.6) is 5.75 Å². The third-order valence-electron chi connectivity index (χ3n) is 2.70. The van der Waals surface area contributed by atoms with Crippen molar-refractivity contribution in [3.05, 3.63) is 29.8 Å². The maximum absolute atomic E-state index is 12.3. The Morgan fingerprint density at radius 3 is 2.58 bits per heavy atom. The number of rotatable bonds is 6. The molecule has 0 radical (unpaired) electrons. The number of methoxy groups -OCH3 is 1. The molecule has 0 bridgehead atoms. The van der Waals surface area contributed by atoms with Crippen LogP contribution in [0, 0.1) is 0 Å². The van der Waals surface area contributed by atoms with Crippen LogP contribution < -0.4 is 10.1 Å². The minimum absolute atomic E-state index is 0.282. The summed E-state index contributed by atoms with van der Waals surface area (Å²) < 4.78 is 41.8. The molecule has 0 spiro atoms. The molecule has 0 aromatic heterocycles. The summed E-state index contributed by atoms with van der Waals surface area (Å²) in [6, 6.07) is 5.56. The van der Waals surface area contributed by atoms with Crippen molar-refractivity contribution in [1.82, 2.24) is 5.32 Å². The average Bonchev–Trinajstić information content (AvgIpc) is 2.34. The summed E-state index contributed by atoms with van der Waals surface area (Å²) in [5, 5.41) is 12.1. The lowest BCUT2D eigenvalue weighted by atomic mass is 10.1. The highest BCUT2D eigenvalue weighted by molar-refractivity contribution is 5.30. The Balaban J connectivity index is 2.72. The van der Waals surface area contributed by atoms with Gasteiger partial charge in [-0.05, 0) is 24.6 Å². The molecular formula is C13H18F3NO2. The van der Waals surface area contributed by atoms with Crippen LogP contribution in [0.25, 0.3) is 0 Å². The molecule has 0 saturated carbocycles. The van der Waals surface area contributed by atoms with Crippen molar-refractivity contribution in [3.63, 3.8) is 0 Å². The predicted octanol–water partition coefficient (Wildman–Crippen LogP) is 2.66. The predicted molar refractivity (Wildman–Crippen MR) is 66.1 cm³/mol. The van der Waals surface area contributed by atoms with E-state index in [1.807, 2.05) is 0 Å². The van der Waals surface area contributed by atoms with Gasteiger partial charge in [0.05, 0.1) is 26.2 Å². The third-order valence-corrected chi connectivity index (χ3v) is 2.70. The van der Waals surface area contributed by atoms with Crippen LogP contribution in [0.1, 0.15) is 24.9 Å². The highest BCUT2D eigenvalue weighted by atomic mass is 19.4. The smallest absolute Gasteiger partial charge is 0.390 e. The monoisotopic (exact) mass is 277 g/mol. The summed E-state index contributed by atoms with van der Waals surface area (Å²) in [6.07, 6.45) is -5.16. The Labute approximate surface area is 110 Å². The molecule has 2 N–H and O–H groups in total. The first-order chi connectivity index (χ1) is 8.85. The van der Waals surface area contributed by atoms with Gasteiger partial charge >= 0.3 is 6.18 Å². The largest absolute Gasteiger partial charge is 0.497 e. The Bertz CT molecular complexity index is 396. The molecule has 1 aromatic carbocycles. The zero-order valence-electron chi connectivity index (χ0n) is 10.9. The summed E-state index contributed by atoms with van der Waals surface area (Å²) in [5.41, 5.74) is 0.691. The number of aliphatic hydroxyl groups is 1. The lowest BCUT2D eigenvalue weighted by Gasteiger charge is -2.23. The first-order valence-electron chi connectivity index (χ1n) is 5.93. The number of halogens is 3. The number of ether oxygens (including phenoxy) is 1. The Morgan fingerprint density at radius 1 is 1.37 bits per heavy atom. The first-order valence-corrected chi connectivity index (χ1v) is 5.93. The highest BCUT2D eigenvalue weighted by Gasteiger charge is 2.30. The maximum atomic E-state index is 12.3. The SMILES string of the molecule is COc1cccc(C(CO)NC(C)CC(F)(F)F)c1. The second kappa shape index (κ2) is 6.77. The number of hydrogen-bond donors (Lipinski definition) is 2. The fraction of sp³-hybridized carbons (Fsp3) is 0.538. The van der Waals surface area contributed by atoms with E-state index in [0.717, 1.165) is 0 Å². The van der Waals surface area contributed by atoms with Crippen LogP contribution >= 0.6 is 0 Å². The van der Waals surface area contributed by atoms with Gasteiger partial charge in [-0.3, -0.25) is 0 Å². The molecule has 0 saturated heterocycles. The summed E-state index contributed by atoms with van der Waals surface area (Å²) in [6.45, 7) is 1.16. The lowest BCUT2D eigenvalue weighted by molar-refractivity contribution is -0.139. The number of nitrogens with one attached hydrogen (secondary N) is 1. The van der Waals surface area contributed by atoms with Gasteiger partial charge in [-0.15, -0.1) is 0 Å². The van der Waals surface area contributed by atoms with E-state index in [1.165, 1.54) is 14.0 Å². The van der Waals surface area contributed by atoms with Gasteiger partial charge in [0.1, 0.15) is 5.75 Å². The maximum Gasteiger partial charge on any atom is 0.390 e. The first kappa shape index (κ1) is 15.8. The topological polar surface area (TPSA) is 41.5 Å². The molecule has 6 heteroatoms. The molecule has 0 fully saturated rings. The standard InChI is InChI=1S/C13H18F3NO2/c1-9(7-13(14,15)16)17-12(8-18)10-4-3-5-11(6-10)19-2/h3-6,9,12,17-18H,7-8H2,1-2H3. The van der Waals surface area contributed by atoms with E-state index in [4.69, 9.17) is 4.74 Å². The molecule has 2 unspecified atom stereocenters. The fourth-order valence-electron chi connectivity index (χ4n) is 1.86. The summed E-state index contributed by atoms with van der Waals surface area (Å²) in [5.74, 6) is 0.598. The average molecular weight is 277 g/mol. The van der Waals surface area contributed by atoms with E-state index in [0.29, 0.717) is 11.3 Å². The molecule has 108 valence electrons. The normalized spacial score (nSPS) is 15.1. The van der Waals surface area contributed by atoms with E-state index in [9.17, 15) is 18.3 Å². The van der Waals surface area contributed by atoms with E-state index in [-0.39, 0.29) is 6.61 Å². The fourth-order valence-corrected chi connectivity index (χ4v) is 1.86. The van der Waals surface area contributed by atoms with Gasteiger partial charge in [-0.2, -0.15) is 13.2 Å². The van der Waals surface area contributed by atoms with Crippen molar-refractivity contribution in [1.29, 1.82) is 0 Å². The van der Waals surface area contributed by atoms with Gasteiger partial charge in [0.2, 0.25) is 0 Å². The zero-order valence-corrected chi connectivity index (χ0v) is 10.9. The van der Waals surface area contributed by atoms with Crippen LogP contribution in [0.15, 0.2) is 24.3 Å². The van der Waals surface area contributed by atoms with E-state index in [2.05, 4.69) is 5.32 Å². The molecule has 3 nitrogen and oxygen atoms in total. The summed E-state index contributed by atoms with van der Waals surface area (Å²) in [7, 11) is 1.51. The van der Waals surface area contributed by atoms with Crippen LogP contribution in [-0.2, 0) is 0 Å². The Hall–Kier alpha value is -1.27. The molecular weight excluding hydrogens is 259 g/mol. The Morgan fingerprint density at radius 2 is 2.05 bits per heavy atom. The van der Waals surface area contributed by atoms with Gasteiger partial charge in [0, 0.05) is 6.04 Å². The number of hydrogen-bond acceptors (Lipinski definition) is 3. The molecule has 0 amide bonds. The van der Waals surface area contributed by atoms with E-state index >= 15 is 0 Å². The van der Waals surface area contributed by atoms with Crippen molar-refractivity contribution >= 4 is 0 Å². The lowest BCUT2D eigenvalue weighted by Crippen LogP contribution is -2.35. The molecule has 2 atom stereocenters. The second-order valence-electron chi connectivity index (χ2n) is 4.40. The number of alkyl halides is 3. The number of aliphatic hydroxyl groups excluding tert-OH is 1. The molecule has 0 aliphatic rings. The Kier molecular flexibility index (Phi) is 5.62. The van der Waals surface area contributed by atoms with Crippen LogP contribution in [0.2, 0.25) is 0 Å². The zero-order chi connectivity index (χ0) is 14.5. The van der Waals surface area contributed by atoms with Gasteiger partial charge in [-0.1, -0.05) is 12.1 Å². The molecule has 1 aromatic rings.